The van der Waals surface area contributed by atoms with Gasteiger partial charge in [0.1, 0.15) is 17.2 Å². The number of nitrogens with zero attached hydrogens (tertiary/aromatic N) is 5. The van der Waals surface area contributed by atoms with Crippen molar-refractivity contribution in [1.29, 1.82) is 0 Å². The highest BCUT2D eigenvalue weighted by molar-refractivity contribution is 6.16. The minimum Gasteiger partial charge on any atom is -0.351 e. The molecule has 0 atom stereocenters. The maximum atomic E-state index is 13.4. The van der Waals surface area contributed by atoms with E-state index < -0.39 is 0 Å². The van der Waals surface area contributed by atoms with E-state index in [4.69, 9.17) is 21.6 Å². The quantitative estimate of drug-likeness (QED) is 0.544. The van der Waals surface area contributed by atoms with Gasteiger partial charge in [-0.2, -0.15) is 0 Å². The lowest BCUT2D eigenvalue weighted by Gasteiger charge is -2.36. The van der Waals surface area contributed by atoms with E-state index in [1.165, 1.54) is 31.4 Å². The van der Waals surface area contributed by atoms with Gasteiger partial charge < -0.3 is 15.1 Å². The lowest BCUT2D eigenvalue weighted by molar-refractivity contribution is 0.186. The molecule has 0 radical (unpaired) electrons. The molecule has 5 rings (SSSR count). The van der Waals surface area contributed by atoms with Crippen molar-refractivity contribution < 1.29 is 9.18 Å². The van der Waals surface area contributed by atoms with Crippen molar-refractivity contribution in [3.05, 3.63) is 48.0 Å². The largest absolute Gasteiger partial charge is 0.351 e. The predicted molar refractivity (Wildman–Crippen MR) is 131 cm³/mol. The maximum absolute atomic E-state index is 13.4. The van der Waals surface area contributed by atoms with E-state index in [0.717, 1.165) is 29.9 Å². The number of anilines is 1. The van der Waals surface area contributed by atoms with Gasteiger partial charge in [-0.15, -0.1) is 11.6 Å². The number of urea groups is 1. The minimum absolute atomic E-state index is 0.0252. The molecule has 0 spiro atoms. The van der Waals surface area contributed by atoms with E-state index in [1.807, 2.05) is 17.0 Å². The zero-order valence-electron chi connectivity index (χ0n) is 19.0. The molecule has 3 aromatic rings. The van der Waals surface area contributed by atoms with E-state index in [9.17, 15) is 9.18 Å². The van der Waals surface area contributed by atoms with Crippen molar-refractivity contribution in [2.24, 2.45) is 0 Å². The first-order chi connectivity index (χ1) is 16.6. The van der Waals surface area contributed by atoms with Crippen LogP contribution in [0, 0.1) is 5.82 Å². The number of fused-ring (bicyclic) bond motifs is 1. The molecule has 3 heterocycles. The Labute approximate surface area is 203 Å². The molecule has 1 saturated carbocycles. The normalized spacial score (nSPS) is 17.2. The Hall–Kier alpha value is -3.00. The summed E-state index contributed by atoms with van der Waals surface area (Å²) in [5.74, 6) is 1.17. The number of carbonyl (C=O) groups is 1. The fourth-order valence-electron chi connectivity index (χ4n) is 4.74. The fourth-order valence-corrected chi connectivity index (χ4v) is 4.86. The summed E-state index contributed by atoms with van der Waals surface area (Å²) in [5.41, 5.74) is 2.93. The van der Waals surface area contributed by atoms with Gasteiger partial charge in [-0.05, 0) is 49.2 Å². The molecule has 1 saturated heterocycles. The van der Waals surface area contributed by atoms with E-state index in [1.54, 1.807) is 12.1 Å². The number of pyridine rings is 1. The highest BCUT2D eigenvalue weighted by atomic mass is 35.5. The molecule has 7 nitrogen and oxygen atoms in total. The zero-order valence-corrected chi connectivity index (χ0v) is 19.8. The Morgan fingerprint density at radius 2 is 1.71 bits per heavy atom. The summed E-state index contributed by atoms with van der Waals surface area (Å²) in [6.07, 6.45) is 5.79. The van der Waals surface area contributed by atoms with Crippen molar-refractivity contribution in [3.63, 3.8) is 0 Å². The van der Waals surface area contributed by atoms with Crippen LogP contribution in [0.25, 0.3) is 22.3 Å². The third kappa shape index (κ3) is 4.92. The second-order valence-electron chi connectivity index (χ2n) is 8.93. The van der Waals surface area contributed by atoms with E-state index in [-0.39, 0.29) is 17.7 Å². The highest BCUT2D eigenvalue weighted by Crippen LogP contribution is 2.28. The summed E-state index contributed by atoms with van der Waals surface area (Å²) in [7, 11) is 0. The topological polar surface area (TPSA) is 74.2 Å². The first-order valence-corrected chi connectivity index (χ1v) is 12.4. The number of amides is 2. The molecule has 2 aliphatic rings. The number of nitrogens with one attached hydrogen (secondary N) is 1. The van der Waals surface area contributed by atoms with E-state index >= 15 is 0 Å². The predicted octanol–water partition coefficient (Wildman–Crippen LogP) is 4.73. The van der Waals surface area contributed by atoms with Crippen LogP contribution in [0.15, 0.2) is 36.4 Å². The molecule has 1 N–H and O–H groups in total. The number of benzene rings is 1. The number of rotatable bonds is 4. The van der Waals surface area contributed by atoms with Crippen molar-refractivity contribution in [1.82, 2.24) is 25.2 Å². The van der Waals surface area contributed by atoms with Crippen molar-refractivity contribution in [2.45, 2.75) is 44.0 Å². The third-order valence-electron chi connectivity index (χ3n) is 6.63. The van der Waals surface area contributed by atoms with Gasteiger partial charge in [0.15, 0.2) is 5.82 Å². The third-order valence-corrected chi connectivity index (χ3v) is 6.87. The molecule has 2 amide bonds. The Morgan fingerprint density at radius 1 is 0.971 bits per heavy atom. The Bertz CT molecular complexity index is 1160. The van der Waals surface area contributed by atoms with Crippen LogP contribution in [0.3, 0.4) is 0 Å². The number of aromatic nitrogens is 3. The van der Waals surface area contributed by atoms with Crippen LogP contribution in [0.4, 0.5) is 15.0 Å². The summed E-state index contributed by atoms with van der Waals surface area (Å²) in [5, 5.41) is 3.21. The zero-order chi connectivity index (χ0) is 23.5. The van der Waals surface area contributed by atoms with Crippen LogP contribution in [0.5, 0.6) is 0 Å². The van der Waals surface area contributed by atoms with Gasteiger partial charge in [0.2, 0.25) is 0 Å². The van der Waals surface area contributed by atoms with Crippen molar-refractivity contribution in [3.8, 4) is 11.3 Å². The summed E-state index contributed by atoms with van der Waals surface area (Å²) < 4.78 is 13.4. The van der Waals surface area contributed by atoms with Gasteiger partial charge in [0.25, 0.3) is 0 Å². The van der Waals surface area contributed by atoms with Crippen LogP contribution < -0.4 is 10.2 Å². The molecular weight excluding hydrogens is 455 g/mol. The number of hydrogen-bond acceptors (Lipinski definition) is 5. The van der Waals surface area contributed by atoms with Crippen LogP contribution >= 0.6 is 11.6 Å². The molecule has 9 heteroatoms. The molecule has 0 bridgehead atoms. The van der Waals surface area contributed by atoms with Gasteiger partial charge in [-0.1, -0.05) is 19.3 Å². The summed E-state index contributed by atoms with van der Waals surface area (Å²) in [6, 6.07) is 10.4. The van der Waals surface area contributed by atoms with Crippen LogP contribution in [-0.4, -0.2) is 58.1 Å². The standard InChI is InChI=1S/C25H28ClFN6O/c26-16-22-29-21-11-10-20(17-6-8-18(27)9-7-17)30-23(21)24(31-22)32-12-14-33(15-13-32)25(34)28-19-4-2-1-3-5-19/h6-11,19H,1-5,12-16H2,(H,28,34). The molecule has 1 aliphatic carbocycles. The minimum atomic E-state index is -0.286. The molecule has 1 aromatic carbocycles. The summed E-state index contributed by atoms with van der Waals surface area (Å²) in [4.78, 5) is 30.9. The average molecular weight is 483 g/mol. The Morgan fingerprint density at radius 3 is 2.41 bits per heavy atom. The molecule has 0 unspecified atom stereocenters. The summed E-state index contributed by atoms with van der Waals surface area (Å²) >= 11 is 6.08. The van der Waals surface area contributed by atoms with Crippen LogP contribution in [0.2, 0.25) is 0 Å². The number of hydrogen-bond donors (Lipinski definition) is 1. The molecule has 2 fully saturated rings. The van der Waals surface area contributed by atoms with Gasteiger partial charge in [-0.25, -0.2) is 24.1 Å². The van der Waals surface area contributed by atoms with Gasteiger partial charge in [-0.3, -0.25) is 0 Å². The first-order valence-electron chi connectivity index (χ1n) is 11.9. The fraction of sp³-hybridized carbons (Fsp3) is 0.440. The smallest absolute Gasteiger partial charge is 0.317 e. The highest BCUT2D eigenvalue weighted by Gasteiger charge is 2.26. The van der Waals surface area contributed by atoms with Gasteiger partial charge in [0, 0.05) is 37.8 Å². The molecular formula is C25H28ClFN6O. The monoisotopic (exact) mass is 482 g/mol. The van der Waals surface area contributed by atoms with Gasteiger partial charge in [0.05, 0.1) is 17.1 Å². The Kier molecular flexibility index (Phi) is 6.76. The molecule has 178 valence electrons. The Balaban J connectivity index is 1.36. The SMILES string of the molecule is O=C(NC1CCCCC1)N1CCN(c2nc(CCl)nc3ccc(-c4ccc(F)cc4)nc23)CC1. The average Bonchev–Trinajstić information content (AvgIpc) is 2.89. The first kappa shape index (κ1) is 22.8. The lowest BCUT2D eigenvalue weighted by atomic mass is 9.96. The number of alkyl halides is 1. The number of carbonyl (C=O) groups excluding carboxylic acids is 1. The van der Waals surface area contributed by atoms with Crippen molar-refractivity contribution in [2.75, 3.05) is 31.1 Å². The second kappa shape index (κ2) is 10.1. The maximum Gasteiger partial charge on any atom is 0.317 e. The molecule has 2 aromatic heterocycles. The van der Waals surface area contributed by atoms with Crippen LogP contribution in [-0.2, 0) is 5.88 Å². The van der Waals surface area contributed by atoms with Crippen molar-refractivity contribution >= 4 is 34.5 Å². The number of piperazine rings is 1. The summed E-state index contributed by atoms with van der Waals surface area (Å²) in [6.45, 7) is 2.51. The lowest BCUT2D eigenvalue weighted by Crippen LogP contribution is -2.54. The van der Waals surface area contributed by atoms with Gasteiger partial charge >= 0.3 is 6.03 Å². The molecule has 34 heavy (non-hydrogen) atoms. The van der Waals surface area contributed by atoms with Crippen LogP contribution in [0.1, 0.15) is 37.9 Å². The molecule has 1 aliphatic heterocycles. The van der Waals surface area contributed by atoms with E-state index in [0.29, 0.717) is 49.1 Å². The second-order valence-corrected chi connectivity index (χ2v) is 9.19. The number of halogens is 2. The van der Waals surface area contributed by atoms with E-state index in [2.05, 4.69) is 15.2 Å².